The van der Waals surface area contributed by atoms with Gasteiger partial charge in [0.25, 0.3) is 11.5 Å². The first-order valence-corrected chi connectivity index (χ1v) is 7.88. The van der Waals surface area contributed by atoms with Crippen LogP contribution in [0.1, 0.15) is 34.8 Å². The minimum atomic E-state index is -0.260. The number of aryl methyl sites for hydroxylation is 1. The summed E-state index contributed by atoms with van der Waals surface area (Å²) in [6.45, 7) is 3.70. The van der Waals surface area contributed by atoms with Crippen LogP contribution in [0.2, 0.25) is 0 Å². The number of hydrogen-bond donors (Lipinski definition) is 2. The Bertz CT molecular complexity index is 1050. The van der Waals surface area contributed by atoms with Crippen LogP contribution in [0.5, 0.6) is 0 Å². The summed E-state index contributed by atoms with van der Waals surface area (Å²) in [5, 5.41) is 3.36. The Labute approximate surface area is 143 Å². The second kappa shape index (κ2) is 6.09. The standard InChI is InChI=1S/C17H17N3O3S/c1-9-4-7-14(23-9)10(2)18-15(21)11-5-6-12-13(8-11)19-17(24)20(3)16(12)22/h4-8,10H,1-3H3,(H,18,21)(H,19,24)/t10-/m0/s1. The van der Waals surface area contributed by atoms with Gasteiger partial charge in [-0.2, -0.15) is 0 Å². The largest absolute Gasteiger partial charge is 0.464 e. The molecule has 0 bridgehead atoms. The number of hydrogen-bond acceptors (Lipinski definition) is 4. The molecular formula is C17H17N3O3S. The number of carbonyl (C=O) groups excluding carboxylic acids is 1. The van der Waals surface area contributed by atoms with E-state index in [1.807, 2.05) is 26.0 Å². The maximum Gasteiger partial charge on any atom is 0.261 e. The average Bonchev–Trinajstić information content (AvgIpc) is 2.99. The number of amides is 1. The van der Waals surface area contributed by atoms with Gasteiger partial charge in [-0.3, -0.25) is 14.2 Å². The molecule has 124 valence electrons. The molecule has 6 nitrogen and oxygen atoms in total. The summed E-state index contributed by atoms with van der Waals surface area (Å²) in [6, 6.07) is 8.30. The van der Waals surface area contributed by atoms with Gasteiger partial charge in [0.15, 0.2) is 4.77 Å². The molecule has 2 aromatic heterocycles. The van der Waals surface area contributed by atoms with Crippen LogP contribution in [-0.4, -0.2) is 15.5 Å². The molecule has 0 spiro atoms. The molecule has 0 radical (unpaired) electrons. The van der Waals surface area contributed by atoms with E-state index in [9.17, 15) is 9.59 Å². The predicted octanol–water partition coefficient (Wildman–Crippen LogP) is 2.99. The third kappa shape index (κ3) is 2.90. The minimum Gasteiger partial charge on any atom is -0.464 e. The number of aromatic amines is 1. The van der Waals surface area contributed by atoms with Crippen molar-refractivity contribution in [1.29, 1.82) is 0 Å². The summed E-state index contributed by atoms with van der Waals surface area (Å²) in [7, 11) is 1.61. The zero-order valence-electron chi connectivity index (χ0n) is 13.5. The molecule has 1 amide bonds. The Kier molecular flexibility index (Phi) is 4.11. The molecular weight excluding hydrogens is 326 g/mol. The first-order valence-electron chi connectivity index (χ1n) is 7.47. The molecule has 0 aliphatic carbocycles. The summed E-state index contributed by atoms with van der Waals surface area (Å²) in [4.78, 5) is 27.6. The maximum atomic E-state index is 12.4. The molecule has 2 heterocycles. The van der Waals surface area contributed by atoms with Crippen LogP contribution in [0.25, 0.3) is 10.9 Å². The number of furan rings is 1. The van der Waals surface area contributed by atoms with Gasteiger partial charge in [0.2, 0.25) is 0 Å². The summed E-state index contributed by atoms with van der Waals surface area (Å²) >= 11 is 5.11. The number of nitrogens with one attached hydrogen (secondary N) is 2. The van der Waals surface area contributed by atoms with Crippen LogP contribution in [0.4, 0.5) is 0 Å². The maximum absolute atomic E-state index is 12.4. The van der Waals surface area contributed by atoms with Gasteiger partial charge in [0.1, 0.15) is 11.5 Å². The molecule has 1 atom stereocenters. The molecule has 7 heteroatoms. The lowest BCUT2D eigenvalue weighted by molar-refractivity contribution is 0.0935. The number of aromatic nitrogens is 2. The normalized spacial score (nSPS) is 12.3. The molecule has 0 aliphatic heterocycles. The number of nitrogens with zero attached hydrogens (tertiary/aromatic N) is 1. The highest BCUT2D eigenvalue weighted by atomic mass is 32.1. The molecule has 0 saturated heterocycles. The van der Waals surface area contributed by atoms with E-state index in [-0.39, 0.29) is 17.5 Å². The Morgan fingerprint density at radius 2 is 2.08 bits per heavy atom. The molecule has 1 aromatic carbocycles. The quantitative estimate of drug-likeness (QED) is 0.717. The van der Waals surface area contributed by atoms with Gasteiger partial charge in [-0.1, -0.05) is 0 Å². The summed E-state index contributed by atoms with van der Waals surface area (Å²) < 4.78 is 7.19. The van der Waals surface area contributed by atoms with Crippen LogP contribution in [0.3, 0.4) is 0 Å². The molecule has 2 N–H and O–H groups in total. The zero-order chi connectivity index (χ0) is 17.4. The van der Waals surface area contributed by atoms with Crippen molar-refractivity contribution in [1.82, 2.24) is 14.9 Å². The Morgan fingerprint density at radius 1 is 1.33 bits per heavy atom. The van der Waals surface area contributed by atoms with Gasteiger partial charge in [0, 0.05) is 12.6 Å². The molecule has 3 aromatic rings. The number of fused-ring (bicyclic) bond motifs is 1. The highest BCUT2D eigenvalue weighted by Crippen LogP contribution is 2.17. The van der Waals surface area contributed by atoms with Gasteiger partial charge in [0.05, 0.1) is 16.9 Å². The molecule has 0 unspecified atom stereocenters. The van der Waals surface area contributed by atoms with E-state index in [0.29, 0.717) is 27.0 Å². The first kappa shape index (κ1) is 16.2. The minimum absolute atomic E-state index is 0.194. The van der Waals surface area contributed by atoms with Gasteiger partial charge in [-0.25, -0.2) is 0 Å². The average molecular weight is 343 g/mol. The topological polar surface area (TPSA) is 80.0 Å². The van der Waals surface area contributed by atoms with Crippen LogP contribution in [0, 0.1) is 11.7 Å². The molecule has 24 heavy (non-hydrogen) atoms. The van der Waals surface area contributed by atoms with Crippen molar-refractivity contribution in [3.8, 4) is 0 Å². The van der Waals surface area contributed by atoms with Crippen LogP contribution < -0.4 is 10.9 Å². The Morgan fingerprint density at radius 3 is 2.75 bits per heavy atom. The van der Waals surface area contributed by atoms with Crippen molar-refractivity contribution in [2.75, 3.05) is 0 Å². The first-order chi connectivity index (χ1) is 11.4. The van der Waals surface area contributed by atoms with Gasteiger partial charge < -0.3 is 14.7 Å². The van der Waals surface area contributed by atoms with Gasteiger partial charge in [-0.15, -0.1) is 0 Å². The second-order valence-corrected chi connectivity index (χ2v) is 6.08. The van der Waals surface area contributed by atoms with Crippen molar-refractivity contribution in [3.63, 3.8) is 0 Å². The molecule has 0 fully saturated rings. The SMILES string of the molecule is Cc1ccc([C@H](C)NC(=O)c2ccc3c(=O)n(C)c(=S)[nH]c3c2)o1. The van der Waals surface area contributed by atoms with E-state index in [4.69, 9.17) is 16.6 Å². The fraction of sp³-hybridized carbons (Fsp3) is 0.235. The highest BCUT2D eigenvalue weighted by molar-refractivity contribution is 7.71. The molecule has 0 saturated carbocycles. The number of H-pyrrole nitrogens is 1. The summed E-state index contributed by atoms with van der Waals surface area (Å²) in [5.41, 5.74) is 0.786. The van der Waals surface area contributed by atoms with E-state index in [2.05, 4.69) is 10.3 Å². The van der Waals surface area contributed by atoms with Crippen molar-refractivity contribution < 1.29 is 9.21 Å². The highest BCUT2D eigenvalue weighted by Gasteiger charge is 2.15. The third-order valence-corrected chi connectivity index (χ3v) is 4.27. The van der Waals surface area contributed by atoms with Gasteiger partial charge >= 0.3 is 0 Å². The van der Waals surface area contributed by atoms with Crippen molar-refractivity contribution >= 4 is 29.0 Å². The monoisotopic (exact) mass is 343 g/mol. The lowest BCUT2D eigenvalue weighted by atomic mass is 10.1. The molecule has 3 rings (SSSR count). The second-order valence-electron chi connectivity index (χ2n) is 5.70. The van der Waals surface area contributed by atoms with E-state index in [1.54, 1.807) is 25.2 Å². The summed E-state index contributed by atoms with van der Waals surface area (Å²) in [6.07, 6.45) is 0. The lowest BCUT2D eigenvalue weighted by Gasteiger charge is -2.12. The fourth-order valence-electron chi connectivity index (χ4n) is 2.48. The number of benzene rings is 1. The van der Waals surface area contributed by atoms with Crippen LogP contribution in [-0.2, 0) is 7.05 Å². The predicted molar refractivity (Wildman–Crippen MR) is 93.7 cm³/mol. The number of carbonyl (C=O) groups is 1. The molecule has 0 aliphatic rings. The van der Waals surface area contributed by atoms with Crippen LogP contribution >= 0.6 is 12.2 Å². The smallest absolute Gasteiger partial charge is 0.261 e. The number of rotatable bonds is 3. The van der Waals surface area contributed by atoms with Crippen LogP contribution in [0.15, 0.2) is 39.5 Å². The summed E-state index contributed by atoms with van der Waals surface area (Å²) in [5.74, 6) is 1.23. The van der Waals surface area contributed by atoms with E-state index in [0.717, 1.165) is 5.76 Å². The lowest BCUT2D eigenvalue weighted by Crippen LogP contribution is -2.26. The van der Waals surface area contributed by atoms with E-state index < -0.39 is 0 Å². The van der Waals surface area contributed by atoms with E-state index >= 15 is 0 Å². The zero-order valence-corrected chi connectivity index (χ0v) is 14.4. The Balaban J connectivity index is 1.91. The van der Waals surface area contributed by atoms with Crippen molar-refractivity contribution in [2.24, 2.45) is 7.05 Å². The van der Waals surface area contributed by atoms with Gasteiger partial charge in [-0.05, 0) is 56.4 Å². The Hall–Kier alpha value is -2.67. The van der Waals surface area contributed by atoms with E-state index in [1.165, 1.54) is 4.57 Å². The fourth-order valence-corrected chi connectivity index (χ4v) is 2.68. The third-order valence-electron chi connectivity index (χ3n) is 3.90. The van der Waals surface area contributed by atoms with Crippen molar-refractivity contribution in [3.05, 3.63) is 62.5 Å². The van der Waals surface area contributed by atoms with Crippen molar-refractivity contribution in [2.45, 2.75) is 19.9 Å².